The SMILES string of the molecule is CCCCCCCCNc1cc(CCC)ncn1. The Morgan fingerprint density at radius 1 is 0.944 bits per heavy atom. The zero-order chi connectivity index (χ0) is 13.1. The molecule has 0 aliphatic carbocycles. The van der Waals surface area contributed by atoms with Gasteiger partial charge in [0.25, 0.3) is 0 Å². The van der Waals surface area contributed by atoms with Crippen LogP contribution in [0.5, 0.6) is 0 Å². The predicted molar refractivity (Wildman–Crippen MR) is 77.9 cm³/mol. The van der Waals surface area contributed by atoms with Gasteiger partial charge in [0.15, 0.2) is 0 Å². The maximum atomic E-state index is 4.26. The molecular formula is C15H27N3. The van der Waals surface area contributed by atoms with Crippen molar-refractivity contribution in [3.63, 3.8) is 0 Å². The third-order valence-corrected chi connectivity index (χ3v) is 3.07. The molecule has 0 aliphatic heterocycles. The lowest BCUT2D eigenvalue weighted by atomic mass is 10.1. The Bertz CT molecular complexity index is 312. The minimum absolute atomic E-state index is 0.974. The summed E-state index contributed by atoms with van der Waals surface area (Å²) < 4.78 is 0. The van der Waals surface area contributed by atoms with Crippen LogP contribution in [0.4, 0.5) is 5.82 Å². The van der Waals surface area contributed by atoms with Gasteiger partial charge in [-0.25, -0.2) is 9.97 Å². The quantitative estimate of drug-likeness (QED) is 0.631. The monoisotopic (exact) mass is 249 g/mol. The second-order valence-electron chi connectivity index (χ2n) is 4.84. The summed E-state index contributed by atoms with van der Waals surface area (Å²) in [6.45, 7) is 5.45. The number of anilines is 1. The lowest BCUT2D eigenvalue weighted by Crippen LogP contribution is -2.04. The normalized spacial score (nSPS) is 10.6. The van der Waals surface area contributed by atoms with Gasteiger partial charge in [-0.05, 0) is 12.8 Å². The summed E-state index contributed by atoms with van der Waals surface area (Å²) in [5.41, 5.74) is 1.14. The Kier molecular flexibility index (Phi) is 8.19. The number of nitrogens with one attached hydrogen (secondary N) is 1. The highest BCUT2D eigenvalue weighted by atomic mass is 15.0. The van der Waals surface area contributed by atoms with Crippen molar-refractivity contribution < 1.29 is 0 Å². The lowest BCUT2D eigenvalue weighted by Gasteiger charge is -2.06. The zero-order valence-electron chi connectivity index (χ0n) is 11.9. The van der Waals surface area contributed by atoms with E-state index in [0.29, 0.717) is 0 Å². The number of hydrogen-bond donors (Lipinski definition) is 1. The Hall–Kier alpha value is -1.12. The van der Waals surface area contributed by atoms with Gasteiger partial charge >= 0.3 is 0 Å². The Labute approximate surface area is 111 Å². The predicted octanol–water partition coefficient (Wildman–Crippen LogP) is 4.20. The third-order valence-electron chi connectivity index (χ3n) is 3.07. The molecule has 3 nitrogen and oxygen atoms in total. The Balaban J connectivity index is 2.13. The molecule has 0 amide bonds. The molecule has 0 atom stereocenters. The highest BCUT2D eigenvalue weighted by molar-refractivity contribution is 5.34. The first kappa shape index (κ1) is 14.9. The molecule has 0 fully saturated rings. The van der Waals surface area contributed by atoms with Crippen molar-refractivity contribution in [2.45, 2.75) is 65.2 Å². The summed E-state index contributed by atoms with van der Waals surface area (Å²) in [5.74, 6) is 0.974. The summed E-state index contributed by atoms with van der Waals surface area (Å²) in [7, 11) is 0. The maximum absolute atomic E-state index is 4.26. The van der Waals surface area contributed by atoms with Gasteiger partial charge in [0.1, 0.15) is 12.1 Å². The summed E-state index contributed by atoms with van der Waals surface area (Å²) in [5, 5.41) is 3.38. The fourth-order valence-corrected chi connectivity index (χ4v) is 2.01. The van der Waals surface area contributed by atoms with E-state index in [4.69, 9.17) is 0 Å². The standard InChI is InChI=1S/C15H27N3/c1-3-5-6-7-8-9-11-16-15-12-14(10-4-2)17-13-18-15/h12-13H,3-11H2,1-2H3,(H,16,17,18). The van der Waals surface area contributed by atoms with Crippen LogP contribution >= 0.6 is 0 Å². The number of hydrogen-bond acceptors (Lipinski definition) is 3. The van der Waals surface area contributed by atoms with Crippen LogP contribution in [-0.4, -0.2) is 16.5 Å². The number of unbranched alkanes of at least 4 members (excludes halogenated alkanes) is 5. The van der Waals surface area contributed by atoms with E-state index < -0.39 is 0 Å². The molecule has 1 heterocycles. The van der Waals surface area contributed by atoms with E-state index in [2.05, 4.69) is 35.2 Å². The van der Waals surface area contributed by atoms with Crippen molar-refractivity contribution in [3.8, 4) is 0 Å². The minimum atomic E-state index is 0.974. The molecule has 3 heteroatoms. The van der Waals surface area contributed by atoms with E-state index in [9.17, 15) is 0 Å². The minimum Gasteiger partial charge on any atom is -0.370 e. The van der Waals surface area contributed by atoms with Gasteiger partial charge in [0.2, 0.25) is 0 Å². The summed E-state index contributed by atoms with van der Waals surface area (Å²) in [6.07, 6.45) is 11.8. The van der Waals surface area contributed by atoms with Gasteiger partial charge in [-0.15, -0.1) is 0 Å². The highest BCUT2D eigenvalue weighted by Gasteiger charge is 1.97. The molecule has 0 saturated carbocycles. The van der Waals surface area contributed by atoms with Crippen LogP contribution in [0.15, 0.2) is 12.4 Å². The van der Waals surface area contributed by atoms with E-state index in [1.807, 2.05) is 0 Å². The summed E-state index contributed by atoms with van der Waals surface area (Å²) in [4.78, 5) is 8.50. The van der Waals surface area contributed by atoms with E-state index in [0.717, 1.165) is 30.9 Å². The zero-order valence-corrected chi connectivity index (χ0v) is 11.9. The first-order valence-electron chi connectivity index (χ1n) is 7.41. The molecule has 102 valence electrons. The number of aryl methyl sites for hydroxylation is 1. The highest BCUT2D eigenvalue weighted by Crippen LogP contribution is 2.08. The second-order valence-corrected chi connectivity index (χ2v) is 4.84. The average Bonchev–Trinajstić information content (AvgIpc) is 2.39. The van der Waals surface area contributed by atoms with Crippen LogP contribution in [0.3, 0.4) is 0 Å². The lowest BCUT2D eigenvalue weighted by molar-refractivity contribution is 0.616. The fourth-order valence-electron chi connectivity index (χ4n) is 2.01. The van der Waals surface area contributed by atoms with Crippen molar-refractivity contribution >= 4 is 5.82 Å². The van der Waals surface area contributed by atoms with Crippen LogP contribution in [0.1, 0.15) is 64.5 Å². The molecular weight excluding hydrogens is 222 g/mol. The molecule has 0 bridgehead atoms. The smallest absolute Gasteiger partial charge is 0.129 e. The Morgan fingerprint density at radius 3 is 2.50 bits per heavy atom. The molecule has 0 aliphatic rings. The van der Waals surface area contributed by atoms with Crippen molar-refractivity contribution in [2.24, 2.45) is 0 Å². The molecule has 0 aromatic carbocycles. The summed E-state index contributed by atoms with van der Waals surface area (Å²) in [6, 6.07) is 2.07. The van der Waals surface area contributed by atoms with Gasteiger partial charge in [0, 0.05) is 18.3 Å². The van der Waals surface area contributed by atoms with Gasteiger partial charge < -0.3 is 5.32 Å². The van der Waals surface area contributed by atoms with Gasteiger partial charge in [-0.3, -0.25) is 0 Å². The number of nitrogens with zero attached hydrogens (tertiary/aromatic N) is 2. The van der Waals surface area contributed by atoms with Crippen LogP contribution < -0.4 is 5.32 Å². The van der Waals surface area contributed by atoms with Crippen LogP contribution in [0.25, 0.3) is 0 Å². The van der Waals surface area contributed by atoms with Crippen molar-refractivity contribution in [2.75, 3.05) is 11.9 Å². The maximum Gasteiger partial charge on any atom is 0.129 e. The molecule has 0 unspecified atom stereocenters. The molecule has 1 aromatic heterocycles. The van der Waals surface area contributed by atoms with Crippen LogP contribution in [0.2, 0.25) is 0 Å². The molecule has 1 aromatic rings. The van der Waals surface area contributed by atoms with E-state index in [-0.39, 0.29) is 0 Å². The fraction of sp³-hybridized carbons (Fsp3) is 0.733. The van der Waals surface area contributed by atoms with Gasteiger partial charge in [0.05, 0.1) is 0 Å². The Morgan fingerprint density at radius 2 is 1.72 bits per heavy atom. The average molecular weight is 249 g/mol. The van der Waals surface area contributed by atoms with Crippen molar-refractivity contribution in [3.05, 3.63) is 18.1 Å². The van der Waals surface area contributed by atoms with Gasteiger partial charge in [-0.1, -0.05) is 52.4 Å². The van der Waals surface area contributed by atoms with E-state index in [1.54, 1.807) is 6.33 Å². The first-order chi connectivity index (χ1) is 8.86. The van der Waals surface area contributed by atoms with Gasteiger partial charge in [-0.2, -0.15) is 0 Å². The largest absolute Gasteiger partial charge is 0.370 e. The topological polar surface area (TPSA) is 37.8 Å². The van der Waals surface area contributed by atoms with Crippen LogP contribution in [0, 0.1) is 0 Å². The van der Waals surface area contributed by atoms with Crippen LogP contribution in [-0.2, 0) is 6.42 Å². The van der Waals surface area contributed by atoms with Crippen molar-refractivity contribution in [1.29, 1.82) is 0 Å². The molecule has 0 saturated heterocycles. The van der Waals surface area contributed by atoms with E-state index in [1.165, 1.54) is 38.5 Å². The second kappa shape index (κ2) is 9.86. The third kappa shape index (κ3) is 6.58. The van der Waals surface area contributed by atoms with Crippen molar-refractivity contribution in [1.82, 2.24) is 9.97 Å². The molecule has 1 rings (SSSR count). The molecule has 1 N–H and O–H groups in total. The summed E-state index contributed by atoms with van der Waals surface area (Å²) >= 11 is 0. The number of aromatic nitrogens is 2. The number of rotatable bonds is 10. The first-order valence-corrected chi connectivity index (χ1v) is 7.41. The molecule has 0 spiro atoms. The molecule has 0 radical (unpaired) electrons. The van der Waals surface area contributed by atoms with E-state index >= 15 is 0 Å². The molecule has 18 heavy (non-hydrogen) atoms.